The van der Waals surface area contributed by atoms with Crippen LogP contribution in [0.25, 0.3) is 0 Å². The zero-order valence-corrected chi connectivity index (χ0v) is 7.00. The van der Waals surface area contributed by atoms with Crippen LogP contribution in [0, 0.1) is 5.82 Å². The summed E-state index contributed by atoms with van der Waals surface area (Å²) in [5.74, 6) is 0.391. The molecule has 0 amide bonds. The van der Waals surface area contributed by atoms with Gasteiger partial charge in [-0.15, -0.1) is 0 Å². The monoisotopic (exact) mass is 180 g/mol. The molecule has 3 heteroatoms. The van der Waals surface area contributed by atoms with Crippen molar-refractivity contribution in [3.8, 4) is 5.75 Å². The molecule has 1 aliphatic carbocycles. The summed E-state index contributed by atoms with van der Waals surface area (Å²) in [5, 5.41) is 0. The Hall–Kier alpha value is -1.38. The maximum atomic E-state index is 12.7. The first kappa shape index (κ1) is 8.23. The Morgan fingerprint density at radius 1 is 1.38 bits per heavy atom. The molecule has 1 aromatic rings. The predicted octanol–water partition coefficient (Wildman–Crippen LogP) is 1.94. The predicted molar refractivity (Wildman–Crippen MR) is 45.1 cm³/mol. The van der Waals surface area contributed by atoms with Crippen molar-refractivity contribution in [1.82, 2.24) is 0 Å². The van der Waals surface area contributed by atoms with Crippen LogP contribution in [-0.2, 0) is 4.79 Å². The molecule has 68 valence electrons. The fourth-order valence-corrected chi connectivity index (χ4v) is 1.26. The van der Waals surface area contributed by atoms with E-state index in [9.17, 15) is 9.18 Å². The average molecular weight is 180 g/mol. The molecule has 0 radical (unpaired) electrons. The van der Waals surface area contributed by atoms with Gasteiger partial charge in [-0.25, -0.2) is 4.39 Å². The normalized spacial score (nSPS) is 16.8. The smallest absolute Gasteiger partial charge is 0.140 e. The van der Waals surface area contributed by atoms with E-state index in [1.807, 2.05) is 0 Å². The topological polar surface area (TPSA) is 26.3 Å². The molecule has 13 heavy (non-hydrogen) atoms. The van der Waals surface area contributed by atoms with Gasteiger partial charge >= 0.3 is 0 Å². The molecule has 2 nitrogen and oxygen atoms in total. The van der Waals surface area contributed by atoms with Crippen LogP contribution in [0.15, 0.2) is 24.3 Å². The van der Waals surface area contributed by atoms with E-state index in [1.54, 1.807) is 12.1 Å². The molecular weight excluding hydrogens is 171 g/mol. The third-order valence-electron chi connectivity index (χ3n) is 2.01. The van der Waals surface area contributed by atoms with Gasteiger partial charge in [0.25, 0.3) is 0 Å². The van der Waals surface area contributed by atoms with Crippen LogP contribution in [0.2, 0.25) is 0 Å². The number of carbonyl (C=O) groups is 1. The van der Waals surface area contributed by atoms with Crippen molar-refractivity contribution in [2.45, 2.75) is 18.9 Å². The molecule has 0 aromatic heterocycles. The summed E-state index contributed by atoms with van der Waals surface area (Å²) < 4.78 is 18.0. The van der Waals surface area contributed by atoms with Crippen LogP contribution in [0.4, 0.5) is 4.39 Å². The Morgan fingerprint density at radius 2 is 2.15 bits per heavy atom. The van der Waals surface area contributed by atoms with Gasteiger partial charge in [-0.2, -0.15) is 0 Å². The maximum Gasteiger partial charge on any atom is 0.140 e. The van der Waals surface area contributed by atoms with Gasteiger partial charge in [-0.05, 0) is 12.1 Å². The minimum Gasteiger partial charge on any atom is -0.489 e. The molecule has 0 heterocycles. The Kier molecular flexibility index (Phi) is 2.00. The summed E-state index contributed by atoms with van der Waals surface area (Å²) in [6.45, 7) is 0. The number of benzene rings is 1. The van der Waals surface area contributed by atoms with Gasteiger partial charge in [0.15, 0.2) is 0 Å². The quantitative estimate of drug-likeness (QED) is 0.695. The first-order valence-electron chi connectivity index (χ1n) is 4.18. The highest BCUT2D eigenvalue weighted by molar-refractivity contribution is 5.85. The van der Waals surface area contributed by atoms with Crippen LogP contribution < -0.4 is 4.74 Å². The Balaban J connectivity index is 1.98. The third-order valence-corrected chi connectivity index (χ3v) is 2.01. The minimum atomic E-state index is -0.317. The molecule has 1 aromatic carbocycles. The molecule has 0 saturated heterocycles. The summed E-state index contributed by atoms with van der Waals surface area (Å²) in [5.41, 5.74) is 0. The second-order valence-corrected chi connectivity index (χ2v) is 3.14. The molecule has 0 aliphatic heterocycles. The average Bonchev–Trinajstić information content (AvgIpc) is 2.01. The summed E-state index contributed by atoms with van der Waals surface area (Å²) in [4.78, 5) is 10.6. The van der Waals surface area contributed by atoms with Crippen molar-refractivity contribution in [3.05, 3.63) is 30.1 Å². The SMILES string of the molecule is O=C1CC(Oc2cccc(F)c2)C1. The van der Waals surface area contributed by atoms with E-state index in [0.717, 1.165) is 0 Å². The van der Waals surface area contributed by atoms with Gasteiger partial charge < -0.3 is 4.74 Å². The lowest BCUT2D eigenvalue weighted by Crippen LogP contribution is -2.33. The summed E-state index contributed by atoms with van der Waals surface area (Å²) in [7, 11) is 0. The Labute approximate surface area is 75.3 Å². The zero-order chi connectivity index (χ0) is 9.26. The van der Waals surface area contributed by atoms with E-state index >= 15 is 0 Å². The van der Waals surface area contributed by atoms with Gasteiger partial charge in [-0.3, -0.25) is 4.79 Å². The highest BCUT2D eigenvalue weighted by Gasteiger charge is 2.28. The van der Waals surface area contributed by atoms with Crippen molar-refractivity contribution in [3.63, 3.8) is 0 Å². The first-order valence-corrected chi connectivity index (χ1v) is 4.18. The van der Waals surface area contributed by atoms with Gasteiger partial charge in [-0.1, -0.05) is 6.07 Å². The van der Waals surface area contributed by atoms with Crippen molar-refractivity contribution in [1.29, 1.82) is 0 Å². The summed E-state index contributed by atoms with van der Waals surface area (Å²) in [6.07, 6.45) is 0.863. The standard InChI is InChI=1S/C10H9FO2/c11-7-2-1-3-9(4-7)13-10-5-8(12)6-10/h1-4,10H,5-6H2. The molecule has 1 saturated carbocycles. The number of carbonyl (C=O) groups excluding carboxylic acids is 1. The number of rotatable bonds is 2. The summed E-state index contributed by atoms with van der Waals surface area (Å²) in [6, 6.07) is 5.96. The van der Waals surface area contributed by atoms with E-state index in [2.05, 4.69) is 0 Å². The molecule has 0 N–H and O–H groups in total. The third kappa shape index (κ3) is 1.86. The molecule has 0 spiro atoms. The number of hydrogen-bond donors (Lipinski definition) is 0. The van der Waals surface area contributed by atoms with Crippen molar-refractivity contribution >= 4 is 5.78 Å². The molecule has 2 rings (SSSR count). The van der Waals surface area contributed by atoms with E-state index in [0.29, 0.717) is 18.6 Å². The molecule has 1 fully saturated rings. The lowest BCUT2D eigenvalue weighted by molar-refractivity contribution is -0.129. The summed E-state index contributed by atoms with van der Waals surface area (Å²) >= 11 is 0. The van der Waals surface area contributed by atoms with E-state index < -0.39 is 0 Å². The molecule has 0 atom stereocenters. The number of halogens is 1. The zero-order valence-electron chi connectivity index (χ0n) is 7.00. The van der Waals surface area contributed by atoms with Gasteiger partial charge in [0.2, 0.25) is 0 Å². The lowest BCUT2D eigenvalue weighted by Gasteiger charge is -2.24. The maximum absolute atomic E-state index is 12.7. The van der Waals surface area contributed by atoms with Gasteiger partial charge in [0.1, 0.15) is 23.5 Å². The Bertz CT molecular complexity index is 327. The number of hydrogen-bond acceptors (Lipinski definition) is 2. The molecule has 1 aliphatic rings. The van der Waals surface area contributed by atoms with Crippen LogP contribution in [0.3, 0.4) is 0 Å². The molecular formula is C10H9FO2. The fourth-order valence-electron chi connectivity index (χ4n) is 1.26. The molecule has 0 unspecified atom stereocenters. The van der Waals surface area contributed by atoms with Crippen LogP contribution >= 0.6 is 0 Å². The van der Waals surface area contributed by atoms with Gasteiger partial charge in [0.05, 0.1) is 0 Å². The second kappa shape index (κ2) is 3.17. The van der Waals surface area contributed by atoms with Crippen LogP contribution in [-0.4, -0.2) is 11.9 Å². The minimum absolute atomic E-state index is 0.0469. The second-order valence-electron chi connectivity index (χ2n) is 3.14. The first-order chi connectivity index (χ1) is 6.24. The van der Waals surface area contributed by atoms with E-state index in [-0.39, 0.29) is 17.7 Å². The highest BCUT2D eigenvalue weighted by atomic mass is 19.1. The highest BCUT2D eigenvalue weighted by Crippen LogP contribution is 2.22. The fraction of sp³-hybridized carbons (Fsp3) is 0.300. The molecule has 0 bridgehead atoms. The number of Topliss-reactive ketones (excluding diaryl/α,β-unsaturated/α-hetero) is 1. The van der Waals surface area contributed by atoms with Crippen molar-refractivity contribution in [2.75, 3.05) is 0 Å². The number of ether oxygens (including phenoxy) is 1. The Morgan fingerprint density at radius 3 is 2.77 bits per heavy atom. The van der Waals surface area contributed by atoms with E-state index in [1.165, 1.54) is 12.1 Å². The van der Waals surface area contributed by atoms with Crippen molar-refractivity contribution in [2.24, 2.45) is 0 Å². The number of ketones is 1. The van der Waals surface area contributed by atoms with Crippen LogP contribution in [0.5, 0.6) is 5.75 Å². The van der Waals surface area contributed by atoms with Crippen LogP contribution in [0.1, 0.15) is 12.8 Å². The lowest BCUT2D eigenvalue weighted by atomic mass is 9.94. The van der Waals surface area contributed by atoms with Gasteiger partial charge in [0, 0.05) is 18.9 Å². The largest absolute Gasteiger partial charge is 0.489 e. The van der Waals surface area contributed by atoms with Crippen molar-refractivity contribution < 1.29 is 13.9 Å². The van der Waals surface area contributed by atoms with E-state index in [4.69, 9.17) is 4.74 Å².